The van der Waals surface area contributed by atoms with E-state index in [4.69, 9.17) is 9.47 Å². The average molecular weight is 260 g/mol. The van der Waals surface area contributed by atoms with Crippen LogP contribution in [0, 0.1) is 12.8 Å². The van der Waals surface area contributed by atoms with Gasteiger partial charge in [0.25, 0.3) is 0 Å². The van der Waals surface area contributed by atoms with Gasteiger partial charge in [0.1, 0.15) is 0 Å². The highest BCUT2D eigenvalue weighted by Gasteiger charge is 2.25. The molecule has 1 saturated carbocycles. The summed E-state index contributed by atoms with van der Waals surface area (Å²) in [7, 11) is 0. The third-order valence-electron chi connectivity index (χ3n) is 4.67. The molecule has 104 valence electrons. The van der Waals surface area contributed by atoms with Crippen LogP contribution in [0.4, 0.5) is 0 Å². The molecule has 0 spiro atoms. The highest BCUT2D eigenvalue weighted by atomic mass is 16.7. The van der Waals surface area contributed by atoms with Crippen molar-refractivity contribution in [3.63, 3.8) is 0 Å². The summed E-state index contributed by atoms with van der Waals surface area (Å²) in [4.78, 5) is 0. The predicted octanol–water partition coefficient (Wildman–Crippen LogP) is 4.33. The average Bonchev–Trinajstić information content (AvgIpc) is 2.93. The number of rotatable bonds is 2. The molecular weight excluding hydrogens is 236 g/mol. The Hall–Kier alpha value is -0.860. The molecule has 0 bridgehead atoms. The van der Waals surface area contributed by atoms with Gasteiger partial charge in [-0.25, -0.2) is 0 Å². The number of hydrogen-bond acceptors (Lipinski definition) is 2. The molecule has 0 radical (unpaired) electrons. The number of ether oxygens (including phenoxy) is 2. The largest absolute Gasteiger partial charge is 0.346 e. The van der Waals surface area contributed by atoms with Crippen molar-refractivity contribution < 1.29 is 9.47 Å². The first-order valence-electron chi connectivity index (χ1n) is 7.58. The van der Waals surface area contributed by atoms with Crippen molar-refractivity contribution in [2.45, 2.75) is 51.7 Å². The van der Waals surface area contributed by atoms with E-state index < -0.39 is 0 Å². The van der Waals surface area contributed by atoms with Gasteiger partial charge in [-0.05, 0) is 42.7 Å². The predicted molar refractivity (Wildman–Crippen MR) is 76.2 cm³/mol. The van der Waals surface area contributed by atoms with Crippen LogP contribution in [0.3, 0.4) is 0 Å². The maximum Gasteiger partial charge on any atom is 0.184 e. The van der Waals surface area contributed by atoms with Crippen molar-refractivity contribution >= 4 is 0 Å². The van der Waals surface area contributed by atoms with Crippen LogP contribution in [0.25, 0.3) is 0 Å². The minimum Gasteiger partial charge on any atom is -0.346 e. The number of benzene rings is 1. The summed E-state index contributed by atoms with van der Waals surface area (Å²) in [5.74, 6) is 1.59. The van der Waals surface area contributed by atoms with Crippen LogP contribution in [0.5, 0.6) is 0 Å². The Morgan fingerprint density at radius 2 is 1.79 bits per heavy atom. The van der Waals surface area contributed by atoms with Gasteiger partial charge in [0.2, 0.25) is 0 Å². The lowest BCUT2D eigenvalue weighted by Crippen LogP contribution is -2.14. The van der Waals surface area contributed by atoms with Crippen LogP contribution in [-0.4, -0.2) is 13.2 Å². The molecule has 1 aromatic rings. The van der Waals surface area contributed by atoms with Gasteiger partial charge in [-0.3, -0.25) is 0 Å². The summed E-state index contributed by atoms with van der Waals surface area (Å²) in [5, 5.41) is 0. The smallest absolute Gasteiger partial charge is 0.184 e. The Labute approximate surface area is 116 Å². The Balaban J connectivity index is 1.87. The molecule has 1 heterocycles. The summed E-state index contributed by atoms with van der Waals surface area (Å²) in [6, 6.07) is 6.62. The first kappa shape index (κ1) is 13.1. The SMILES string of the molecule is Cc1c(C2CCCC(C)C2)cccc1C1OCCO1. The maximum absolute atomic E-state index is 5.66. The highest BCUT2D eigenvalue weighted by Crippen LogP contribution is 2.39. The molecular formula is C17H24O2. The van der Waals surface area contributed by atoms with Crippen molar-refractivity contribution in [2.75, 3.05) is 13.2 Å². The van der Waals surface area contributed by atoms with Crippen LogP contribution in [0.1, 0.15) is 61.5 Å². The van der Waals surface area contributed by atoms with E-state index in [0.29, 0.717) is 0 Å². The topological polar surface area (TPSA) is 18.5 Å². The molecule has 19 heavy (non-hydrogen) atoms. The van der Waals surface area contributed by atoms with Gasteiger partial charge in [0.05, 0.1) is 13.2 Å². The number of hydrogen-bond donors (Lipinski definition) is 0. The molecule has 2 nitrogen and oxygen atoms in total. The molecule has 1 aliphatic carbocycles. The summed E-state index contributed by atoms with van der Waals surface area (Å²) in [5.41, 5.74) is 4.13. The second kappa shape index (κ2) is 5.64. The lowest BCUT2D eigenvalue weighted by Gasteiger charge is -2.29. The Bertz CT molecular complexity index is 435. The fraction of sp³-hybridized carbons (Fsp3) is 0.647. The Morgan fingerprint density at radius 3 is 2.53 bits per heavy atom. The fourth-order valence-corrected chi connectivity index (χ4v) is 3.62. The van der Waals surface area contributed by atoms with E-state index in [1.807, 2.05) is 0 Å². The molecule has 2 aliphatic rings. The lowest BCUT2D eigenvalue weighted by atomic mass is 9.77. The monoisotopic (exact) mass is 260 g/mol. The molecule has 0 N–H and O–H groups in total. The van der Waals surface area contributed by atoms with E-state index in [1.54, 1.807) is 0 Å². The lowest BCUT2D eigenvalue weighted by molar-refractivity contribution is -0.0446. The molecule has 0 amide bonds. The molecule has 2 heteroatoms. The third-order valence-corrected chi connectivity index (χ3v) is 4.67. The van der Waals surface area contributed by atoms with Crippen LogP contribution in [-0.2, 0) is 9.47 Å². The zero-order chi connectivity index (χ0) is 13.2. The van der Waals surface area contributed by atoms with E-state index in [1.165, 1.54) is 42.4 Å². The van der Waals surface area contributed by atoms with Gasteiger partial charge in [-0.2, -0.15) is 0 Å². The molecule has 1 aliphatic heterocycles. The van der Waals surface area contributed by atoms with Gasteiger partial charge < -0.3 is 9.47 Å². The van der Waals surface area contributed by atoms with E-state index in [0.717, 1.165) is 25.0 Å². The van der Waals surface area contributed by atoms with Crippen LogP contribution in [0.2, 0.25) is 0 Å². The van der Waals surface area contributed by atoms with E-state index in [2.05, 4.69) is 32.0 Å². The van der Waals surface area contributed by atoms with Crippen molar-refractivity contribution in [1.29, 1.82) is 0 Å². The van der Waals surface area contributed by atoms with E-state index >= 15 is 0 Å². The van der Waals surface area contributed by atoms with Gasteiger partial charge in [-0.15, -0.1) is 0 Å². The second-order valence-corrected chi connectivity index (χ2v) is 6.10. The van der Waals surface area contributed by atoms with E-state index in [9.17, 15) is 0 Å². The van der Waals surface area contributed by atoms with Gasteiger partial charge in [0, 0.05) is 5.56 Å². The molecule has 2 unspecified atom stereocenters. The van der Waals surface area contributed by atoms with Gasteiger partial charge >= 0.3 is 0 Å². The van der Waals surface area contributed by atoms with Crippen molar-refractivity contribution in [3.05, 3.63) is 34.9 Å². The van der Waals surface area contributed by atoms with Crippen molar-refractivity contribution in [2.24, 2.45) is 5.92 Å². The summed E-state index contributed by atoms with van der Waals surface area (Å²) < 4.78 is 11.3. The van der Waals surface area contributed by atoms with Crippen LogP contribution >= 0.6 is 0 Å². The minimum atomic E-state index is -0.138. The summed E-state index contributed by atoms with van der Waals surface area (Å²) in [6.45, 7) is 6.05. The zero-order valence-electron chi connectivity index (χ0n) is 12.0. The first-order valence-corrected chi connectivity index (χ1v) is 7.58. The minimum absolute atomic E-state index is 0.138. The normalized spacial score (nSPS) is 28.7. The summed E-state index contributed by atoms with van der Waals surface area (Å²) in [6.07, 6.45) is 5.29. The molecule has 3 rings (SSSR count). The fourth-order valence-electron chi connectivity index (χ4n) is 3.62. The first-order chi connectivity index (χ1) is 9.25. The Morgan fingerprint density at radius 1 is 1.05 bits per heavy atom. The zero-order valence-corrected chi connectivity index (χ0v) is 12.0. The van der Waals surface area contributed by atoms with Crippen molar-refractivity contribution in [1.82, 2.24) is 0 Å². The van der Waals surface area contributed by atoms with Crippen LogP contribution < -0.4 is 0 Å². The van der Waals surface area contributed by atoms with E-state index in [-0.39, 0.29) is 6.29 Å². The molecule has 2 atom stereocenters. The van der Waals surface area contributed by atoms with Gasteiger partial charge in [-0.1, -0.05) is 38.0 Å². The highest BCUT2D eigenvalue weighted by molar-refractivity contribution is 5.37. The van der Waals surface area contributed by atoms with Crippen molar-refractivity contribution in [3.8, 4) is 0 Å². The molecule has 2 fully saturated rings. The van der Waals surface area contributed by atoms with Gasteiger partial charge in [0.15, 0.2) is 6.29 Å². The maximum atomic E-state index is 5.66. The Kier molecular flexibility index (Phi) is 3.90. The standard InChI is InChI=1S/C17H24O2/c1-12-5-3-6-14(11-12)15-7-4-8-16(13(15)2)17-18-9-10-19-17/h4,7-8,12,14,17H,3,5-6,9-11H2,1-2H3. The molecule has 1 aromatic carbocycles. The summed E-state index contributed by atoms with van der Waals surface area (Å²) >= 11 is 0. The third kappa shape index (κ3) is 2.70. The molecule has 0 aromatic heterocycles. The quantitative estimate of drug-likeness (QED) is 0.787. The van der Waals surface area contributed by atoms with Crippen LogP contribution in [0.15, 0.2) is 18.2 Å². The second-order valence-electron chi connectivity index (χ2n) is 6.10. The molecule has 1 saturated heterocycles.